The second kappa shape index (κ2) is 10.4. The van der Waals surface area contributed by atoms with E-state index < -0.39 is 10.0 Å². The van der Waals surface area contributed by atoms with E-state index in [0.717, 1.165) is 18.0 Å². The Balaban J connectivity index is 2.20. The van der Waals surface area contributed by atoms with Gasteiger partial charge in [-0.2, -0.15) is 4.31 Å². The number of carbonyl (C=O) groups excluding carboxylic acids is 1. The summed E-state index contributed by atoms with van der Waals surface area (Å²) in [5.41, 5.74) is 0.443. The topological polar surface area (TPSA) is 89.4 Å². The first kappa shape index (κ1) is 23.6. The van der Waals surface area contributed by atoms with Crippen LogP contribution in [-0.4, -0.2) is 70.2 Å². The van der Waals surface area contributed by atoms with Crippen LogP contribution >= 0.6 is 0 Å². The van der Waals surface area contributed by atoms with Crippen molar-refractivity contribution in [2.75, 3.05) is 44.6 Å². The Hall–Kier alpha value is -1.68. The van der Waals surface area contributed by atoms with Crippen molar-refractivity contribution < 1.29 is 27.6 Å². The molecule has 0 aliphatic carbocycles. The average Bonchev–Trinajstić information content (AvgIpc) is 2.63. The highest BCUT2D eigenvalue weighted by molar-refractivity contribution is 7.89. The van der Waals surface area contributed by atoms with Crippen molar-refractivity contribution in [3.63, 3.8) is 0 Å². The minimum atomic E-state index is -3.72. The van der Waals surface area contributed by atoms with Gasteiger partial charge in [-0.1, -0.05) is 13.8 Å². The van der Waals surface area contributed by atoms with Crippen LogP contribution in [0.3, 0.4) is 0 Å². The molecule has 1 aromatic carbocycles. The van der Waals surface area contributed by atoms with E-state index in [-0.39, 0.29) is 23.0 Å². The summed E-state index contributed by atoms with van der Waals surface area (Å²) in [5, 5.41) is 2.84. The summed E-state index contributed by atoms with van der Waals surface area (Å²) in [5.74, 6) is 0.135. The Morgan fingerprint density at radius 2 is 1.83 bits per heavy atom. The number of amides is 1. The van der Waals surface area contributed by atoms with Gasteiger partial charge in [-0.3, -0.25) is 4.79 Å². The Kier molecular flexibility index (Phi) is 8.45. The van der Waals surface area contributed by atoms with E-state index in [4.69, 9.17) is 9.47 Å². The zero-order chi connectivity index (χ0) is 21.6. The van der Waals surface area contributed by atoms with Crippen molar-refractivity contribution in [3.8, 4) is 5.75 Å². The van der Waals surface area contributed by atoms with Gasteiger partial charge in [0.05, 0.1) is 6.61 Å². The van der Waals surface area contributed by atoms with Crippen LogP contribution < -0.4 is 15.0 Å². The van der Waals surface area contributed by atoms with Crippen LogP contribution in [0.2, 0.25) is 0 Å². The number of carbonyl (C=O) groups is 1. The van der Waals surface area contributed by atoms with Crippen molar-refractivity contribution in [2.45, 2.75) is 51.7 Å². The minimum Gasteiger partial charge on any atom is -0.492 e. The molecule has 3 atom stereocenters. The third-order valence-corrected chi connectivity index (χ3v) is 6.95. The van der Waals surface area contributed by atoms with Crippen LogP contribution in [0.4, 0.5) is 5.69 Å². The standard InChI is InChI=1S/C20H33N3O5S/c1-6-23(7-2)29(25,26)19-11-17(9-10-18(19)27-8-3)21-20(24)14-22-12-15(4)28-16(5)13-22/h9-11,15-16H,6-8,12-14H2,1-5H3,(H,21,24)/p+1/t15-,16+. The first-order valence-corrected chi connectivity index (χ1v) is 11.7. The summed E-state index contributed by atoms with van der Waals surface area (Å²) >= 11 is 0. The van der Waals surface area contributed by atoms with Crippen molar-refractivity contribution in [1.82, 2.24) is 4.31 Å². The molecule has 0 spiro atoms. The lowest BCUT2D eigenvalue weighted by molar-refractivity contribution is -0.907. The summed E-state index contributed by atoms with van der Waals surface area (Å²) in [7, 11) is -3.72. The molecule has 0 saturated carbocycles. The van der Waals surface area contributed by atoms with Crippen molar-refractivity contribution in [3.05, 3.63) is 18.2 Å². The van der Waals surface area contributed by atoms with Gasteiger partial charge in [0.1, 0.15) is 35.9 Å². The fourth-order valence-electron chi connectivity index (χ4n) is 3.73. The van der Waals surface area contributed by atoms with Gasteiger partial charge >= 0.3 is 0 Å². The normalized spacial score (nSPS) is 22.5. The summed E-state index contributed by atoms with van der Waals surface area (Å²) in [6.07, 6.45) is 0.218. The number of benzene rings is 1. The molecule has 1 heterocycles. The molecule has 0 bridgehead atoms. The molecule has 9 heteroatoms. The van der Waals surface area contributed by atoms with Crippen LogP contribution in [0.5, 0.6) is 5.75 Å². The van der Waals surface area contributed by atoms with Gasteiger partial charge in [0.15, 0.2) is 6.54 Å². The predicted octanol–water partition coefficient (Wildman–Crippen LogP) is 0.746. The maximum Gasteiger partial charge on any atom is 0.279 e. The van der Waals surface area contributed by atoms with Gasteiger partial charge in [-0.05, 0) is 39.0 Å². The molecule has 1 aliphatic heterocycles. The number of ether oxygens (including phenoxy) is 2. The van der Waals surface area contributed by atoms with Crippen molar-refractivity contribution in [2.24, 2.45) is 0 Å². The first-order valence-electron chi connectivity index (χ1n) is 10.3. The van der Waals surface area contributed by atoms with Crippen LogP contribution in [0.15, 0.2) is 23.1 Å². The fraction of sp³-hybridized carbons (Fsp3) is 0.650. The number of hydrogen-bond acceptors (Lipinski definition) is 5. The number of nitrogens with one attached hydrogen (secondary N) is 2. The molecule has 0 aromatic heterocycles. The number of anilines is 1. The van der Waals surface area contributed by atoms with Gasteiger partial charge < -0.3 is 19.7 Å². The minimum absolute atomic E-state index is 0.0711. The lowest BCUT2D eigenvalue weighted by Gasteiger charge is -2.31. The number of hydrogen-bond donors (Lipinski definition) is 2. The molecule has 2 rings (SSSR count). The average molecular weight is 429 g/mol. The smallest absolute Gasteiger partial charge is 0.279 e. The molecular weight excluding hydrogens is 394 g/mol. The molecule has 164 valence electrons. The number of nitrogens with zero attached hydrogens (tertiary/aromatic N) is 1. The largest absolute Gasteiger partial charge is 0.492 e. The maximum atomic E-state index is 13.0. The van der Waals surface area contributed by atoms with Crippen molar-refractivity contribution >= 4 is 21.6 Å². The number of quaternary nitrogens is 1. The van der Waals surface area contributed by atoms with Gasteiger partial charge in [0.2, 0.25) is 10.0 Å². The zero-order valence-electron chi connectivity index (χ0n) is 18.0. The third-order valence-electron chi connectivity index (χ3n) is 4.88. The molecule has 0 radical (unpaired) electrons. The maximum absolute atomic E-state index is 13.0. The van der Waals surface area contributed by atoms with Gasteiger partial charge in [-0.15, -0.1) is 0 Å². The molecule has 8 nitrogen and oxygen atoms in total. The molecule has 1 amide bonds. The van der Waals surface area contributed by atoms with E-state index >= 15 is 0 Å². The predicted molar refractivity (Wildman–Crippen MR) is 112 cm³/mol. The number of rotatable bonds is 9. The SMILES string of the molecule is CCOc1ccc(NC(=O)C[NH+]2C[C@@H](C)O[C@@H](C)C2)cc1S(=O)(=O)N(CC)CC. The highest BCUT2D eigenvalue weighted by Gasteiger charge is 2.28. The van der Waals surface area contributed by atoms with Gasteiger partial charge in [-0.25, -0.2) is 8.42 Å². The molecule has 1 aliphatic rings. The Morgan fingerprint density at radius 1 is 1.21 bits per heavy atom. The van der Waals surface area contributed by atoms with Gasteiger partial charge in [0.25, 0.3) is 5.91 Å². The Morgan fingerprint density at radius 3 is 2.38 bits per heavy atom. The van der Waals surface area contributed by atoms with E-state index in [1.165, 1.54) is 10.4 Å². The molecule has 29 heavy (non-hydrogen) atoms. The monoisotopic (exact) mass is 428 g/mol. The lowest BCUT2D eigenvalue weighted by atomic mass is 10.2. The molecule has 1 aromatic rings. The van der Waals surface area contributed by atoms with Crippen LogP contribution in [0, 0.1) is 0 Å². The van der Waals surface area contributed by atoms with Crippen LogP contribution in [0.1, 0.15) is 34.6 Å². The van der Waals surface area contributed by atoms with E-state index in [2.05, 4.69) is 5.32 Å². The zero-order valence-corrected chi connectivity index (χ0v) is 18.8. The van der Waals surface area contributed by atoms with E-state index in [1.807, 2.05) is 13.8 Å². The second-order valence-electron chi connectivity index (χ2n) is 7.32. The molecule has 2 N–H and O–H groups in total. The molecule has 1 unspecified atom stereocenters. The van der Waals surface area contributed by atoms with E-state index in [0.29, 0.717) is 37.7 Å². The lowest BCUT2D eigenvalue weighted by Crippen LogP contribution is -3.16. The fourth-order valence-corrected chi connectivity index (χ4v) is 5.35. The highest BCUT2D eigenvalue weighted by Crippen LogP contribution is 2.30. The van der Waals surface area contributed by atoms with Crippen LogP contribution in [0.25, 0.3) is 0 Å². The quantitative estimate of drug-likeness (QED) is 0.606. The first-order chi connectivity index (χ1) is 13.7. The number of sulfonamides is 1. The molecule has 1 saturated heterocycles. The third kappa shape index (κ3) is 6.15. The summed E-state index contributed by atoms with van der Waals surface area (Å²) < 4.78 is 38.7. The van der Waals surface area contributed by atoms with Crippen LogP contribution in [-0.2, 0) is 19.6 Å². The number of morpholine rings is 1. The Bertz CT molecular complexity index is 785. The molecule has 1 fully saturated rings. The summed E-state index contributed by atoms with van der Waals surface area (Å²) in [6, 6.07) is 4.75. The second-order valence-corrected chi connectivity index (χ2v) is 9.23. The van der Waals surface area contributed by atoms with E-state index in [9.17, 15) is 13.2 Å². The molecular formula is C20H34N3O5S+. The van der Waals surface area contributed by atoms with Gasteiger partial charge in [0, 0.05) is 18.8 Å². The van der Waals surface area contributed by atoms with Crippen molar-refractivity contribution in [1.29, 1.82) is 0 Å². The Labute approximate surface area is 174 Å². The summed E-state index contributed by atoms with van der Waals surface area (Å²) in [6.45, 7) is 12.3. The summed E-state index contributed by atoms with van der Waals surface area (Å²) in [4.78, 5) is 13.8. The van der Waals surface area contributed by atoms with E-state index in [1.54, 1.807) is 32.9 Å². The highest BCUT2D eigenvalue weighted by atomic mass is 32.2.